The summed E-state index contributed by atoms with van der Waals surface area (Å²) in [5.41, 5.74) is 2.56. The van der Waals surface area contributed by atoms with Gasteiger partial charge in [0.05, 0.1) is 5.69 Å². The Morgan fingerprint density at radius 3 is 2.94 bits per heavy atom. The molecule has 2 aliphatic heterocycles. The van der Waals surface area contributed by atoms with E-state index in [4.69, 9.17) is 0 Å². The Bertz CT molecular complexity index is 412. The van der Waals surface area contributed by atoms with E-state index < -0.39 is 0 Å². The molecule has 3 atom stereocenters. The van der Waals surface area contributed by atoms with Crippen molar-refractivity contribution in [2.24, 2.45) is 18.9 Å². The second-order valence-corrected chi connectivity index (χ2v) is 5.67. The van der Waals surface area contributed by atoms with E-state index in [1.54, 1.807) is 0 Å². The summed E-state index contributed by atoms with van der Waals surface area (Å²) >= 11 is 0. The maximum atomic E-state index is 4.43. The lowest BCUT2D eigenvalue weighted by atomic mass is 9.95. The summed E-state index contributed by atoms with van der Waals surface area (Å²) in [6, 6.07) is 0.703. The first-order valence-electron chi connectivity index (χ1n) is 6.59. The minimum atomic E-state index is 0.703. The zero-order valence-electron chi connectivity index (χ0n) is 11.0. The molecule has 1 N–H and O–H groups in total. The zero-order valence-corrected chi connectivity index (χ0v) is 11.0. The number of fused-ring (bicyclic) bond motifs is 1. The lowest BCUT2D eigenvalue weighted by Crippen LogP contribution is -2.32. The third-order valence-electron chi connectivity index (χ3n) is 4.55. The van der Waals surface area contributed by atoms with Gasteiger partial charge in [-0.3, -0.25) is 9.58 Å². The molecule has 2 aliphatic rings. The van der Waals surface area contributed by atoms with Crippen LogP contribution in [-0.2, 0) is 13.6 Å². The highest BCUT2D eigenvalue weighted by Gasteiger charge is 2.41. The monoisotopic (exact) mass is 234 g/mol. The number of aromatic nitrogens is 2. The molecule has 0 radical (unpaired) electrons. The maximum Gasteiger partial charge on any atom is 0.0638 e. The number of nitrogens with one attached hydrogen (secondary N) is 1. The molecule has 1 aromatic heterocycles. The third kappa shape index (κ3) is 1.89. The molecule has 94 valence electrons. The molecule has 3 rings (SSSR count). The number of likely N-dealkylation sites (tertiary alicyclic amines) is 1. The molecule has 0 aliphatic carbocycles. The third-order valence-corrected chi connectivity index (χ3v) is 4.55. The molecule has 4 nitrogen and oxygen atoms in total. The lowest BCUT2D eigenvalue weighted by molar-refractivity contribution is 0.231. The average Bonchev–Trinajstić information content (AvgIpc) is 2.90. The number of hydrogen-bond donors (Lipinski definition) is 1. The Hall–Kier alpha value is -0.870. The van der Waals surface area contributed by atoms with E-state index in [0.717, 1.165) is 18.4 Å². The van der Waals surface area contributed by atoms with Gasteiger partial charge in [0.1, 0.15) is 0 Å². The molecule has 3 heterocycles. The predicted molar refractivity (Wildman–Crippen MR) is 67.7 cm³/mol. The number of aryl methyl sites for hydroxylation is 2. The highest BCUT2D eigenvalue weighted by atomic mass is 15.3. The van der Waals surface area contributed by atoms with Gasteiger partial charge < -0.3 is 5.32 Å². The van der Waals surface area contributed by atoms with Crippen molar-refractivity contribution >= 4 is 0 Å². The van der Waals surface area contributed by atoms with Crippen LogP contribution in [0.4, 0.5) is 0 Å². The molecule has 17 heavy (non-hydrogen) atoms. The average molecular weight is 234 g/mol. The van der Waals surface area contributed by atoms with E-state index in [1.807, 2.05) is 11.7 Å². The van der Waals surface area contributed by atoms with E-state index in [1.165, 1.54) is 30.9 Å². The smallest absolute Gasteiger partial charge is 0.0638 e. The second kappa shape index (κ2) is 4.10. The highest BCUT2D eigenvalue weighted by Crippen LogP contribution is 2.33. The SMILES string of the molecule is Cc1nn(C)cc1CN1CC2CNCC2C1C. The predicted octanol–water partition coefficient (Wildman–Crippen LogP) is 0.768. The van der Waals surface area contributed by atoms with E-state index in [0.29, 0.717) is 6.04 Å². The zero-order chi connectivity index (χ0) is 12.0. The molecular weight excluding hydrogens is 212 g/mol. The Balaban J connectivity index is 1.72. The van der Waals surface area contributed by atoms with E-state index in [-0.39, 0.29) is 0 Å². The fourth-order valence-corrected chi connectivity index (χ4v) is 3.49. The molecule has 0 bridgehead atoms. The van der Waals surface area contributed by atoms with Gasteiger partial charge in [0.25, 0.3) is 0 Å². The van der Waals surface area contributed by atoms with Gasteiger partial charge in [0, 0.05) is 37.9 Å². The summed E-state index contributed by atoms with van der Waals surface area (Å²) in [6.45, 7) is 9.20. The van der Waals surface area contributed by atoms with Gasteiger partial charge in [-0.25, -0.2) is 0 Å². The minimum Gasteiger partial charge on any atom is -0.316 e. The normalized spacial score (nSPS) is 33.2. The number of hydrogen-bond acceptors (Lipinski definition) is 3. The molecule has 2 fully saturated rings. The summed E-state index contributed by atoms with van der Waals surface area (Å²) in [6.07, 6.45) is 2.16. The Labute approximate surface area is 103 Å². The van der Waals surface area contributed by atoms with Crippen molar-refractivity contribution in [3.8, 4) is 0 Å². The number of nitrogens with zero attached hydrogens (tertiary/aromatic N) is 3. The fraction of sp³-hybridized carbons (Fsp3) is 0.769. The highest BCUT2D eigenvalue weighted by molar-refractivity contribution is 5.16. The van der Waals surface area contributed by atoms with Crippen molar-refractivity contribution in [2.45, 2.75) is 26.4 Å². The molecule has 3 unspecified atom stereocenters. The van der Waals surface area contributed by atoms with Crippen molar-refractivity contribution in [1.82, 2.24) is 20.0 Å². The van der Waals surface area contributed by atoms with Crippen molar-refractivity contribution in [3.05, 3.63) is 17.5 Å². The number of rotatable bonds is 2. The molecule has 0 spiro atoms. The molecule has 0 amide bonds. The van der Waals surface area contributed by atoms with Crippen molar-refractivity contribution in [1.29, 1.82) is 0 Å². The Morgan fingerprint density at radius 2 is 2.29 bits per heavy atom. The van der Waals surface area contributed by atoms with Crippen LogP contribution in [0, 0.1) is 18.8 Å². The maximum absolute atomic E-state index is 4.43. The van der Waals surface area contributed by atoms with Crippen LogP contribution in [0.15, 0.2) is 6.20 Å². The second-order valence-electron chi connectivity index (χ2n) is 5.67. The van der Waals surface area contributed by atoms with Crippen LogP contribution < -0.4 is 5.32 Å². The van der Waals surface area contributed by atoms with Gasteiger partial charge in [-0.1, -0.05) is 0 Å². The van der Waals surface area contributed by atoms with Crippen LogP contribution in [0.3, 0.4) is 0 Å². The van der Waals surface area contributed by atoms with Crippen LogP contribution >= 0.6 is 0 Å². The molecule has 1 aromatic rings. The van der Waals surface area contributed by atoms with Crippen LogP contribution in [0.1, 0.15) is 18.2 Å². The molecular formula is C13H22N4. The Kier molecular flexibility index (Phi) is 2.71. The van der Waals surface area contributed by atoms with Gasteiger partial charge in [0.2, 0.25) is 0 Å². The molecule has 2 saturated heterocycles. The Morgan fingerprint density at radius 1 is 1.47 bits per heavy atom. The van der Waals surface area contributed by atoms with Gasteiger partial charge in [-0.05, 0) is 38.8 Å². The molecule has 0 saturated carbocycles. The van der Waals surface area contributed by atoms with Crippen LogP contribution in [0.25, 0.3) is 0 Å². The van der Waals surface area contributed by atoms with Gasteiger partial charge in [-0.15, -0.1) is 0 Å². The van der Waals surface area contributed by atoms with Gasteiger partial charge in [0.15, 0.2) is 0 Å². The van der Waals surface area contributed by atoms with Crippen LogP contribution in [0.5, 0.6) is 0 Å². The minimum absolute atomic E-state index is 0.703. The standard InChI is InChI=1S/C13H22N4/c1-9-12(6-16(3)15-9)8-17-7-11-4-14-5-13(11)10(17)2/h6,10-11,13-14H,4-5,7-8H2,1-3H3. The van der Waals surface area contributed by atoms with Crippen molar-refractivity contribution in [3.63, 3.8) is 0 Å². The topological polar surface area (TPSA) is 33.1 Å². The summed E-state index contributed by atoms with van der Waals surface area (Å²) in [7, 11) is 2.00. The molecule has 0 aromatic carbocycles. The fourth-order valence-electron chi connectivity index (χ4n) is 3.49. The van der Waals surface area contributed by atoms with Crippen molar-refractivity contribution in [2.75, 3.05) is 19.6 Å². The lowest BCUT2D eigenvalue weighted by Gasteiger charge is -2.23. The quantitative estimate of drug-likeness (QED) is 0.820. The van der Waals surface area contributed by atoms with Crippen LogP contribution in [-0.4, -0.2) is 40.4 Å². The summed E-state index contributed by atoms with van der Waals surface area (Å²) in [5, 5.41) is 7.94. The summed E-state index contributed by atoms with van der Waals surface area (Å²) in [5.74, 6) is 1.72. The first kappa shape index (κ1) is 11.2. The summed E-state index contributed by atoms with van der Waals surface area (Å²) in [4.78, 5) is 2.63. The van der Waals surface area contributed by atoms with E-state index in [9.17, 15) is 0 Å². The van der Waals surface area contributed by atoms with Gasteiger partial charge >= 0.3 is 0 Å². The first-order valence-corrected chi connectivity index (χ1v) is 6.59. The van der Waals surface area contributed by atoms with Crippen molar-refractivity contribution < 1.29 is 0 Å². The van der Waals surface area contributed by atoms with Crippen LogP contribution in [0.2, 0.25) is 0 Å². The summed E-state index contributed by atoms with van der Waals surface area (Å²) < 4.78 is 1.92. The van der Waals surface area contributed by atoms with Gasteiger partial charge in [-0.2, -0.15) is 5.10 Å². The molecule has 4 heteroatoms. The first-order chi connectivity index (χ1) is 8.15. The van der Waals surface area contributed by atoms with E-state index in [2.05, 4.69) is 35.4 Å². The largest absolute Gasteiger partial charge is 0.316 e. The van der Waals surface area contributed by atoms with E-state index >= 15 is 0 Å².